The minimum Gasteiger partial charge on any atom is -0.381 e. The van der Waals surface area contributed by atoms with E-state index in [4.69, 9.17) is 10.5 Å². The van der Waals surface area contributed by atoms with Crippen molar-refractivity contribution in [3.05, 3.63) is 0 Å². The third kappa shape index (κ3) is 6.25. The minimum atomic E-state index is 0.492. The van der Waals surface area contributed by atoms with E-state index in [9.17, 15) is 0 Å². The Kier molecular flexibility index (Phi) is 7.34. The van der Waals surface area contributed by atoms with E-state index in [-0.39, 0.29) is 0 Å². The molecule has 0 spiro atoms. The Morgan fingerprint density at radius 2 is 1.71 bits per heavy atom. The van der Waals surface area contributed by atoms with E-state index in [1.54, 1.807) is 0 Å². The van der Waals surface area contributed by atoms with Gasteiger partial charge in [-0.15, -0.1) is 0 Å². The number of hydrogen-bond acceptors (Lipinski definition) is 2. The van der Waals surface area contributed by atoms with Crippen LogP contribution >= 0.6 is 0 Å². The van der Waals surface area contributed by atoms with Crippen LogP contribution in [-0.2, 0) is 4.74 Å². The molecule has 122 valence electrons. The first kappa shape index (κ1) is 16.6. The first-order valence-corrected chi connectivity index (χ1v) is 8.87. The molecule has 0 unspecified atom stereocenters. The van der Waals surface area contributed by atoms with Crippen LogP contribution in [0.2, 0.25) is 0 Å². The zero-order chi connectivity index (χ0) is 14.9. The fourth-order valence-corrected chi connectivity index (χ4v) is 3.70. The topological polar surface area (TPSA) is 59.6 Å². The molecule has 2 aliphatic carbocycles. The second-order valence-corrected chi connectivity index (χ2v) is 6.77. The van der Waals surface area contributed by atoms with Gasteiger partial charge >= 0.3 is 0 Å². The summed E-state index contributed by atoms with van der Waals surface area (Å²) in [6.07, 6.45) is 14.5. The number of hydrogen-bond donors (Lipinski definition) is 2. The highest BCUT2D eigenvalue weighted by molar-refractivity contribution is 5.78. The predicted octanol–water partition coefficient (Wildman–Crippen LogP) is 3.21. The summed E-state index contributed by atoms with van der Waals surface area (Å²) in [5, 5.41) is 3.42. The standard InChI is InChI=1S/C17H33N3O/c1-21-16-10-8-14(9-11-16)12-13-19-17(18)20-15-6-4-2-3-5-7-15/h14-16H,2-13H2,1H3,(H3,18,19,20). The van der Waals surface area contributed by atoms with Crippen LogP contribution in [-0.4, -0.2) is 31.8 Å². The van der Waals surface area contributed by atoms with Crippen molar-refractivity contribution in [2.24, 2.45) is 16.6 Å². The van der Waals surface area contributed by atoms with Crippen LogP contribution < -0.4 is 11.1 Å². The van der Waals surface area contributed by atoms with Gasteiger partial charge < -0.3 is 15.8 Å². The van der Waals surface area contributed by atoms with Gasteiger partial charge in [0.15, 0.2) is 5.96 Å². The molecule has 2 fully saturated rings. The van der Waals surface area contributed by atoms with Gasteiger partial charge in [-0.3, -0.25) is 4.99 Å². The molecule has 0 heterocycles. The van der Waals surface area contributed by atoms with Crippen LogP contribution in [0.4, 0.5) is 0 Å². The van der Waals surface area contributed by atoms with E-state index in [1.165, 1.54) is 70.6 Å². The summed E-state index contributed by atoms with van der Waals surface area (Å²) in [6, 6.07) is 0.549. The molecule has 3 N–H and O–H groups in total. The van der Waals surface area contributed by atoms with Gasteiger partial charge in [0.1, 0.15) is 0 Å². The summed E-state index contributed by atoms with van der Waals surface area (Å²) < 4.78 is 5.42. The number of aliphatic imine (C=N–C) groups is 1. The molecule has 4 heteroatoms. The predicted molar refractivity (Wildman–Crippen MR) is 88.5 cm³/mol. The maximum Gasteiger partial charge on any atom is 0.188 e. The van der Waals surface area contributed by atoms with E-state index in [0.717, 1.165) is 12.5 Å². The third-order valence-corrected chi connectivity index (χ3v) is 5.15. The van der Waals surface area contributed by atoms with Gasteiger partial charge in [-0.2, -0.15) is 0 Å². The molecule has 2 rings (SSSR count). The molecule has 0 aromatic rings. The Hall–Kier alpha value is -0.770. The van der Waals surface area contributed by atoms with E-state index in [1.807, 2.05) is 7.11 Å². The molecule has 4 nitrogen and oxygen atoms in total. The molecule has 0 saturated heterocycles. The number of nitrogens with two attached hydrogens (primary N) is 1. The average Bonchev–Trinajstić information content (AvgIpc) is 2.76. The number of methoxy groups -OCH3 is 1. The monoisotopic (exact) mass is 295 g/mol. The largest absolute Gasteiger partial charge is 0.381 e. The van der Waals surface area contributed by atoms with Gasteiger partial charge in [0.2, 0.25) is 0 Å². The molecular weight excluding hydrogens is 262 g/mol. The summed E-state index contributed by atoms with van der Waals surface area (Å²) in [6.45, 7) is 0.869. The molecule has 0 amide bonds. The van der Waals surface area contributed by atoms with Crippen LogP contribution in [0.5, 0.6) is 0 Å². The van der Waals surface area contributed by atoms with E-state index in [2.05, 4.69) is 10.3 Å². The smallest absolute Gasteiger partial charge is 0.188 e. The second kappa shape index (κ2) is 9.29. The Labute approximate surface area is 129 Å². The number of rotatable bonds is 5. The van der Waals surface area contributed by atoms with Gasteiger partial charge in [-0.1, -0.05) is 25.7 Å². The van der Waals surface area contributed by atoms with E-state index < -0.39 is 0 Å². The lowest BCUT2D eigenvalue weighted by atomic mass is 9.85. The molecule has 21 heavy (non-hydrogen) atoms. The molecule has 0 aromatic carbocycles. The molecular formula is C17H33N3O. The van der Waals surface area contributed by atoms with Crippen molar-refractivity contribution in [3.8, 4) is 0 Å². The lowest BCUT2D eigenvalue weighted by Gasteiger charge is -2.27. The summed E-state index contributed by atoms with van der Waals surface area (Å²) in [7, 11) is 1.83. The highest BCUT2D eigenvalue weighted by Gasteiger charge is 2.20. The molecule has 0 bridgehead atoms. The Morgan fingerprint density at radius 3 is 2.33 bits per heavy atom. The lowest BCUT2D eigenvalue weighted by molar-refractivity contribution is 0.0559. The fourth-order valence-electron chi connectivity index (χ4n) is 3.70. The van der Waals surface area contributed by atoms with Gasteiger partial charge in [-0.05, 0) is 50.9 Å². The van der Waals surface area contributed by atoms with Crippen molar-refractivity contribution in [3.63, 3.8) is 0 Å². The minimum absolute atomic E-state index is 0.492. The van der Waals surface area contributed by atoms with E-state index >= 15 is 0 Å². The quantitative estimate of drug-likeness (QED) is 0.465. The Bertz CT molecular complexity index is 303. The summed E-state index contributed by atoms with van der Waals surface area (Å²) in [4.78, 5) is 4.53. The van der Waals surface area contributed by atoms with Crippen LogP contribution in [0.3, 0.4) is 0 Å². The summed E-state index contributed by atoms with van der Waals surface area (Å²) in [5.74, 6) is 1.47. The van der Waals surface area contributed by atoms with Crippen LogP contribution in [0.15, 0.2) is 4.99 Å². The average molecular weight is 295 g/mol. The van der Waals surface area contributed by atoms with Crippen LogP contribution in [0.1, 0.15) is 70.6 Å². The van der Waals surface area contributed by atoms with Gasteiger partial charge in [0.25, 0.3) is 0 Å². The fraction of sp³-hybridized carbons (Fsp3) is 0.941. The number of nitrogens with zero attached hydrogens (tertiary/aromatic N) is 1. The number of ether oxygens (including phenoxy) is 1. The highest BCUT2D eigenvalue weighted by atomic mass is 16.5. The Balaban J connectivity index is 1.62. The van der Waals surface area contributed by atoms with Gasteiger partial charge in [0, 0.05) is 19.7 Å². The van der Waals surface area contributed by atoms with Crippen LogP contribution in [0, 0.1) is 5.92 Å². The van der Waals surface area contributed by atoms with Crippen molar-refractivity contribution in [1.82, 2.24) is 5.32 Å². The number of nitrogens with one attached hydrogen (secondary N) is 1. The first-order chi connectivity index (χ1) is 10.3. The van der Waals surface area contributed by atoms with Crippen molar-refractivity contribution < 1.29 is 4.74 Å². The zero-order valence-electron chi connectivity index (χ0n) is 13.7. The van der Waals surface area contributed by atoms with Gasteiger partial charge in [-0.25, -0.2) is 0 Å². The molecule has 2 aliphatic rings. The first-order valence-electron chi connectivity index (χ1n) is 8.87. The maximum absolute atomic E-state index is 6.03. The van der Waals surface area contributed by atoms with Crippen molar-refractivity contribution in [1.29, 1.82) is 0 Å². The van der Waals surface area contributed by atoms with E-state index in [0.29, 0.717) is 18.1 Å². The van der Waals surface area contributed by atoms with Crippen LogP contribution in [0.25, 0.3) is 0 Å². The Morgan fingerprint density at radius 1 is 1.05 bits per heavy atom. The zero-order valence-corrected chi connectivity index (χ0v) is 13.7. The van der Waals surface area contributed by atoms with Crippen molar-refractivity contribution in [2.45, 2.75) is 82.8 Å². The summed E-state index contributed by atoms with van der Waals surface area (Å²) in [5.41, 5.74) is 6.03. The summed E-state index contributed by atoms with van der Waals surface area (Å²) >= 11 is 0. The normalized spacial score (nSPS) is 29.1. The SMILES string of the molecule is COC1CCC(CCN=C(N)NC2CCCCCC2)CC1. The molecule has 0 atom stereocenters. The maximum atomic E-state index is 6.03. The van der Waals surface area contributed by atoms with Crippen molar-refractivity contribution >= 4 is 5.96 Å². The lowest BCUT2D eigenvalue weighted by Crippen LogP contribution is -2.40. The molecule has 0 radical (unpaired) electrons. The molecule has 0 aromatic heterocycles. The number of guanidine groups is 1. The van der Waals surface area contributed by atoms with Crippen molar-refractivity contribution in [2.75, 3.05) is 13.7 Å². The second-order valence-electron chi connectivity index (χ2n) is 6.77. The third-order valence-electron chi connectivity index (χ3n) is 5.15. The van der Waals surface area contributed by atoms with Gasteiger partial charge in [0.05, 0.1) is 6.10 Å². The molecule has 2 saturated carbocycles. The highest BCUT2D eigenvalue weighted by Crippen LogP contribution is 2.28. The molecule has 0 aliphatic heterocycles.